The first-order valence-electron chi connectivity index (χ1n) is 8.96. The van der Waals surface area contributed by atoms with Crippen molar-refractivity contribution in [2.75, 3.05) is 26.2 Å². The minimum absolute atomic E-state index is 0.0647. The Balaban J connectivity index is 1.58. The minimum Gasteiger partial charge on any atom is -0.377 e. The molecule has 2 atom stereocenters. The molecule has 0 bridgehead atoms. The average Bonchev–Trinajstić information content (AvgIpc) is 3.26. The van der Waals surface area contributed by atoms with E-state index in [2.05, 4.69) is 15.0 Å². The lowest BCUT2D eigenvalue weighted by atomic mass is 10.2. The maximum Gasteiger partial charge on any atom is 0.229 e. The molecule has 7 nitrogen and oxygen atoms in total. The molecule has 0 N–H and O–H groups in total. The van der Waals surface area contributed by atoms with Gasteiger partial charge in [-0.25, -0.2) is 0 Å². The number of carbonyl (C=O) groups is 1. The molecule has 2 aliphatic rings. The number of nitrogens with zero attached hydrogens (tertiary/aromatic N) is 4. The van der Waals surface area contributed by atoms with E-state index in [9.17, 15) is 4.79 Å². The van der Waals surface area contributed by atoms with Crippen molar-refractivity contribution in [2.45, 2.75) is 64.6 Å². The Morgan fingerprint density at radius 2 is 2.25 bits per heavy atom. The Morgan fingerprint density at radius 3 is 2.88 bits per heavy atom. The monoisotopic (exact) mass is 336 g/mol. The van der Waals surface area contributed by atoms with Crippen LogP contribution in [0.4, 0.5) is 0 Å². The van der Waals surface area contributed by atoms with Crippen LogP contribution in [0.2, 0.25) is 0 Å². The Bertz CT molecular complexity index is 554. The van der Waals surface area contributed by atoms with Gasteiger partial charge in [-0.3, -0.25) is 9.69 Å². The summed E-state index contributed by atoms with van der Waals surface area (Å²) in [6.07, 6.45) is 3.66. The quantitative estimate of drug-likeness (QED) is 0.789. The summed E-state index contributed by atoms with van der Waals surface area (Å²) in [5, 5.41) is 4.02. The van der Waals surface area contributed by atoms with Crippen LogP contribution < -0.4 is 0 Å². The van der Waals surface area contributed by atoms with Gasteiger partial charge in [0.05, 0.1) is 12.6 Å². The van der Waals surface area contributed by atoms with Crippen molar-refractivity contribution < 1.29 is 14.1 Å². The molecule has 7 heteroatoms. The van der Waals surface area contributed by atoms with Gasteiger partial charge in [0.25, 0.3) is 0 Å². The average molecular weight is 336 g/mol. The van der Waals surface area contributed by atoms with Gasteiger partial charge in [0, 0.05) is 45.1 Å². The van der Waals surface area contributed by atoms with Crippen LogP contribution in [-0.2, 0) is 16.1 Å². The summed E-state index contributed by atoms with van der Waals surface area (Å²) in [5.74, 6) is 1.48. The van der Waals surface area contributed by atoms with Gasteiger partial charge >= 0.3 is 0 Å². The molecule has 1 aromatic rings. The van der Waals surface area contributed by atoms with Gasteiger partial charge in [0.15, 0.2) is 5.82 Å². The molecular weight excluding hydrogens is 308 g/mol. The third kappa shape index (κ3) is 4.13. The molecule has 2 fully saturated rings. The number of amides is 1. The van der Waals surface area contributed by atoms with Crippen molar-refractivity contribution in [3.8, 4) is 0 Å². The second kappa shape index (κ2) is 7.61. The molecule has 0 spiro atoms. The first kappa shape index (κ1) is 17.4. The molecule has 0 saturated carbocycles. The molecule has 3 heterocycles. The summed E-state index contributed by atoms with van der Waals surface area (Å²) in [7, 11) is 0. The lowest BCUT2D eigenvalue weighted by molar-refractivity contribution is -0.131. The van der Waals surface area contributed by atoms with Crippen LogP contribution in [0.15, 0.2) is 4.52 Å². The lowest BCUT2D eigenvalue weighted by Crippen LogP contribution is -2.41. The summed E-state index contributed by atoms with van der Waals surface area (Å²) in [4.78, 5) is 20.8. The van der Waals surface area contributed by atoms with E-state index in [0.717, 1.165) is 45.5 Å². The molecule has 2 saturated heterocycles. The fourth-order valence-corrected chi connectivity index (χ4v) is 3.52. The van der Waals surface area contributed by atoms with Crippen LogP contribution in [0.25, 0.3) is 0 Å². The predicted molar refractivity (Wildman–Crippen MR) is 88.4 cm³/mol. The van der Waals surface area contributed by atoms with Crippen molar-refractivity contribution in [3.05, 3.63) is 11.7 Å². The summed E-state index contributed by atoms with van der Waals surface area (Å²) in [5.41, 5.74) is 0. The summed E-state index contributed by atoms with van der Waals surface area (Å²) in [6.45, 7) is 9.84. The molecular formula is C17H28N4O3. The second-order valence-corrected chi connectivity index (χ2v) is 7.19. The molecule has 0 unspecified atom stereocenters. The SMILES string of the molecule is CC(=O)N(Cc1noc(C(C)C)n1)[C@H]1CCN(C[C@H]2CCCO2)C1. The van der Waals surface area contributed by atoms with Crippen molar-refractivity contribution in [3.63, 3.8) is 0 Å². The van der Waals surface area contributed by atoms with Crippen LogP contribution in [0.5, 0.6) is 0 Å². The number of ether oxygens (including phenoxy) is 1. The first-order chi connectivity index (χ1) is 11.5. The highest BCUT2D eigenvalue weighted by Crippen LogP contribution is 2.21. The maximum absolute atomic E-state index is 12.1. The highest BCUT2D eigenvalue weighted by Gasteiger charge is 2.32. The molecule has 0 aliphatic carbocycles. The smallest absolute Gasteiger partial charge is 0.229 e. The van der Waals surface area contributed by atoms with E-state index < -0.39 is 0 Å². The van der Waals surface area contributed by atoms with Gasteiger partial charge < -0.3 is 14.2 Å². The molecule has 24 heavy (non-hydrogen) atoms. The van der Waals surface area contributed by atoms with Crippen LogP contribution in [0.3, 0.4) is 0 Å². The molecule has 134 valence electrons. The van der Waals surface area contributed by atoms with Gasteiger partial charge in [0.2, 0.25) is 11.8 Å². The van der Waals surface area contributed by atoms with Crippen molar-refractivity contribution in [1.29, 1.82) is 0 Å². The standard InChI is InChI=1S/C17H28N4O3/c1-12(2)17-18-16(19-24-17)11-21(13(3)22)14-6-7-20(9-14)10-15-5-4-8-23-15/h12,14-15H,4-11H2,1-3H3/t14-,15+/m0/s1. The second-order valence-electron chi connectivity index (χ2n) is 7.19. The molecule has 0 radical (unpaired) electrons. The van der Waals surface area contributed by atoms with E-state index >= 15 is 0 Å². The number of rotatable bonds is 6. The molecule has 3 rings (SSSR count). The van der Waals surface area contributed by atoms with Crippen LogP contribution in [-0.4, -0.2) is 64.2 Å². The van der Waals surface area contributed by atoms with Crippen molar-refractivity contribution in [1.82, 2.24) is 19.9 Å². The summed E-state index contributed by atoms with van der Waals surface area (Å²) < 4.78 is 11.0. The molecule has 0 aromatic carbocycles. The lowest BCUT2D eigenvalue weighted by Gasteiger charge is -2.27. The van der Waals surface area contributed by atoms with Crippen molar-refractivity contribution in [2.24, 2.45) is 0 Å². The summed E-state index contributed by atoms with van der Waals surface area (Å²) in [6, 6.07) is 0.213. The van der Waals surface area contributed by atoms with E-state index in [-0.39, 0.29) is 17.9 Å². The Morgan fingerprint density at radius 1 is 1.42 bits per heavy atom. The molecule has 2 aliphatic heterocycles. The molecule has 1 amide bonds. The van der Waals surface area contributed by atoms with E-state index in [0.29, 0.717) is 24.4 Å². The Labute approximate surface area is 143 Å². The van der Waals surface area contributed by atoms with Gasteiger partial charge in [-0.15, -0.1) is 0 Å². The van der Waals surface area contributed by atoms with Crippen LogP contribution >= 0.6 is 0 Å². The Hall–Kier alpha value is -1.47. The van der Waals surface area contributed by atoms with E-state index in [1.165, 1.54) is 0 Å². The third-order valence-electron chi connectivity index (χ3n) is 4.87. The van der Waals surface area contributed by atoms with Crippen LogP contribution in [0, 0.1) is 0 Å². The van der Waals surface area contributed by atoms with Gasteiger partial charge in [-0.1, -0.05) is 19.0 Å². The van der Waals surface area contributed by atoms with Crippen molar-refractivity contribution >= 4 is 5.91 Å². The minimum atomic E-state index is 0.0647. The predicted octanol–water partition coefficient (Wildman–Crippen LogP) is 1.79. The number of hydrogen-bond acceptors (Lipinski definition) is 6. The number of hydrogen-bond donors (Lipinski definition) is 0. The Kier molecular flexibility index (Phi) is 5.50. The largest absolute Gasteiger partial charge is 0.377 e. The van der Waals surface area contributed by atoms with Gasteiger partial charge in [0.1, 0.15) is 0 Å². The number of carbonyl (C=O) groups excluding carboxylic acids is 1. The molecule has 1 aromatic heterocycles. The van der Waals surface area contributed by atoms with Gasteiger partial charge in [-0.2, -0.15) is 4.98 Å². The number of likely N-dealkylation sites (tertiary alicyclic amines) is 1. The first-order valence-corrected chi connectivity index (χ1v) is 8.96. The highest BCUT2D eigenvalue weighted by molar-refractivity contribution is 5.73. The topological polar surface area (TPSA) is 71.7 Å². The van der Waals surface area contributed by atoms with E-state index in [1.807, 2.05) is 18.7 Å². The van der Waals surface area contributed by atoms with Crippen LogP contribution in [0.1, 0.15) is 57.7 Å². The zero-order valence-electron chi connectivity index (χ0n) is 14.9. The van der Waals surface area contributed by atoms with E-state index in [1.54, 1.807) is 6.92 Å². The fraction of sp³-hybridized carbons (Fsp3) is 0.824. The zero-order valence-corrected chi connectivity index (χ0v) is 14.9. The summed E-state index contributed by atoms with van der Waals surface area (Å²) >= 11 is 0. The normalized spacial score (nSPS) is 24.8. The third-order valence-corrected chi connectivity index (χ3v) is 4.87. The maximum atomic E-state index is 12.1. The number of aromatic nitrogens is 2. The fourth-order valence-electron chi connectivity index (χ4n) is 3.52. The highest BCUT2D eigenvalue weighted by atomic mass is 16.5. The van der Waals surface area contributed by atoms with E-state index in [4.69, 9.17) is 9.26 Å². The zero-order chi connectivity index (χ0) is 17.1. The van der Waals surface area contributed by atoms with Gasteiger partial charge in [-0.05, 0) is 19.3 Å².